The van der Waals surface area contributed by atoms with Gasteiger partial charge in [0, 0.05) is 16.5 Å². The van der Waals surface area contributed by atoms with Crippen LogP contribution in [0, 0.1) is 0 Å². The number of fused-ring (bicyclic) bond motifs is 4. The summed E-state index contributed by atoms with van der Waals surface area (Å²) in [7, 11) is 0. The number of hydrogen-bond acceptors (Lipinski definition) is 2. The van der Waals surface area contributed by atoms with E-state index in [-0.39, 0.29) is 0 Å². The molecule has 7 rings (SSSR count). The SMILES string of the molecule is C1=CC(n2c3ccccc3c3cc4ccccc4cc32)=CCC1.N/C(=C(\N)c1ccccc1)c1ccccc1. The third-order valence-corrected chi connectivity index (χ3v) is 7.23. The van der Waals surface area contributed by atoms with Gasteiger partial charge in [-0.25, -0.2) is 0 Å². The predicted molar refractivity (Wildman–Crippen MR) is 168 cm³/mol. The lowest BCUT2D eigenvalue weighted by atomic mass is 10.1. The summed E-state index contributed by atoms with van der Waals surface area (Å²) in [5.74, 6) is 0. The van der Waals surface area contributed by atoms with E-state index >= 15 is 0 Å². The van der Waals surface area contributed by atoms with Crippen LogP contribution >= 0.6 is 0 Å². The van der Waals surface area contributed by atoms with Gasteiger partial charge in [-0.15, -0.1) is 0 Å². The third kappa shape index (κ3) is 4.83. The molecule has 6 aromatic rings. The molecule has 1 aromatic heterocycles. The number of aromatic nitrogens is 1. The topological polar surface area (TPSA) is 57.0 Å². The molecule has 0 saturated heterocycles. The van der Waals surface area contributed by atoms with Crippen molar-refractivity contribution in [3.05, 3.63) is 151 Å². The van der Waals surface area contributed by atoms with E-state index in [9.17, 15) is 0 Å². The van der Waals surface area contributed by atoms with Crippen LogP contribution < -0.4 is 11.5 Å². The summed E-state index contributed by atoms with van der Waals surface area (Å²) in [6.45, 7) is 0. The Morgan fingerprint density at radius 1 is 0.538 bits per heavy atom. The predicted octanol–water partition coefficient (Wildman–Crippen LogP) is 8.57. The van der Waals surface area contributed by atoms with Crippen molar-refractivity contribution in [2.75, 3.05) is 0 Å². The lowest BCUT2D eigenvalue weighted by molar-refractivity contribution is 1.02. The standard InChI is InChI=1S/C22H17N.C14H14N2/c1-2-10-18(11-3-1)23-21-13-7-6-12-19(21)20-14-16-8-4-5-9-17(16)15-22(20)23;15-13(11-7-3-1-4-8-11)14(16)12-9-5-2-6-10-12/h2,4-15H,1,3H2;1-10H,15-16H2/b;14-13-. The van der Waals surface area contributed by atoms with Crippen molar-refractivity contribution in [1.29, 1.82) is 0 Å². The first-order valence-corrected chi connectivity index (χ1v) is 13.4. The first kappa shape index (κ1) is 24.3. The van der Waals surface area contributed by atoms with Crippen molar-refractivity contribution in [3.63, 3.8) is 0 Å². The van der Waals surface area contributed by atoms with Crippen LogP contribution in [0.5, 0.6) is 0 Å². The fourth-order valence-corrected chi connectivity index (χ4v) is 5.25. The summed E-state index contributed by atoms with van der Waals surface area (Å²) in [6.07, 6.45) is 9.14. The number of rotatable bonds is 3. The Labute approximate surface area is 229 Å². The van der Waals surface area contributed by atoms with Crippen molar-refractivity contribution in [2.24, 2.45) is 11.5 Å². The summed E-state index contributed by atoms with van der Waals surface area (Å²) in [5, 5.41) is 5.26. The van der Waals surface area contributed by atoms with E-state index in [0.717, 1.165) is 24.0 Å². The molecule has 3 nitrogen and oxygen atoms in total. The summed E-state index contributed by atoms with van der Waals surface area (Å²) in [6, 6.07) is 41.5. The average molecular weight is 506 g/mol. The second-order valence-corrected chi connectivity index (χ2v) is 9.74. The second-order valence-electron chi connectivity index (χ2n) is 9.74. The number of benzene rings is 5. The van der Waals surface area contributed by atoms with Gasteiger partial charge < -0.3 is 16.0 Å². The maximum absolute atomic E-state index is 6.03. The van der Waals surface area contributed by atoms with E-state index in [1.54, 1.807) is 0 Å². The van der Waals surface area contributed by atoms with Crippen molar-refractivity contribution in [2.45, 2.75) is 12.8 Å². The molecule has 0 fully saturated rings. The molecule has 4 N–H and O–H groups in total. The van der Waals surface area contributed by atoms with Crippen molar-refractivity contribution < 1.29 is 0 Å². The van der Waals surface area contributed by atoms with Gasteiger partial charge in [0.05, 0.1) is 22.4 Å². The molecule has 190 valence electrons. The minimum atomic E-state index is 0.617. The highest BCUT2D eigenvalue weighted by Gasteiger charge is 2.14. The van der Waals surface area contributed by atoms with E-state index < -0.39 is 0 Å². The molecule has 1 aliphatic rings. The maximum atomic E-state index is 6.03. The van der Waals surface area contributed by atoms with E-state index in [1.807, 2.05) is 60.7 Å². The van der Waals surface area contributed by atoms with Crippen LogP contribution in [0.3, 0.4) is 0 Å². The molecular formula is C36H31N3. The highest BCUT2D eigenvalue weighted by Crippen LogP contribution is 2.35. The number of nitrogens with two attached hydrogens (primary N) is 2. The summed E-state index contributed by atoms with van der Waals surface area (Å²) >= 11 is 0. The molecule has 0 amide bonds. The Kier molecular flexibility index (Phi) is 6.71. The van der Waals surface area contributed by atoms with Gasteiger partial charge in [-0.3, -0.25) is 0 Å². The van der Waals surface area contributed by atoms with Crippen LogP contribution in [0.2, 0.25) is 0 Å². The van der Waals surface area contributed by atoms with Gasteiger partial charge in [0.1, 0.15) is 0 Å². The van der Waals surface area contributed by atoms with Crippen LogP contribution in [0.4, 0.5) is 0 Å². The Morgan fingerprint density at radius 3 is 1.72 bits per heavy atom. The Bertz CT molecular complexity index is 1810. The van der Waals surface area contributed by atoms with Gasteiger partial charge in [0.15, 0.2) is 0 Å². The van der Waals surface area contributed by atoms with Crippen LogP contribution in [-0.2, 0) is 0 Å². The molecule has 0 bridgehead atoms. The molecule has 0 aliphatic heterocycles. The molecule has 0 radical (unpaired) electrons. The molecule has 0 saturated carbocycles. The molecule has 5 aromatic carbocycles. The van der Waals surface area contributed by atoms with Gasteiger partial charge in [0.2, 0.25) is 0 Å². The minimum Gasteiger partial charge on any atom is -0.397 e. The molecule has 0 spiro atoms. The second kappa shape index (κ2) is 10.8. The normalized spacial score (nSPS) is 13.6. The van der Waals surface area contributed by atoms with Crippen LogP contribution in [0.25, 0.3) is 49.7 Å². The molecular weight excluding hydrogens is 474 g/mol. The fourth-order valence-electron chi connectivity index (χ4n) is 5.25. The van der Waals surface area contributed by atoms with E-state index in [1.165, 1.54) is 38.3 Å². The van der Waals surface area contributed by atoms with Crippen LogP contribution in [0.1, 0.15) is 24.0 Å². The first-order chi connectivity index (χ1) is 19.2. The quantitative estimate of drug-likeness (QED) is 0.237. The largest absolute Gasteiger partial charge is 0.397 e. The zero-order valence-electron chi connectivity index (χ0n) is 21.8. The van der Waals surface area contributed by atoms with Crippen molar-refractivity contribution >= 4 is 49.7 Å². The van der Waals surface area contributed by atoms with Gasteiger partial charge in [-0.2, -0.15) is 0 Å². The Balaban J connectivity index is 0.000000153. The number of para-hydroxylation sites is 1. The number of nitrogens with zero attached hydrogens (tertiary/aromatic N) is 1. The first-order valence-electron chi connectivity index (χ1n) is 13.4. The molecule has 3 heteroatoms. The smallest absolute Gasteiger partial charge is 0.0627 e. The lowest BCUT2D eigenvalue weighted by Gasteiger charge is -2.12. The lowest BCUT2D eigenvalue weighted by Crippen LogP contribution is -2.07. The zero-order valence-corrected chi connectivity index (χ0v) is 21.8. The van der Waals surface area contributed by atoms with Gasteiger partial charge in [0.25, 0.3) is 0 Å². The Morgan fingerprint density at radius 2 is 1.10 bits per heavy atom. The minimum absolute atomic E-state index is 0.617. The average Bonchev–Trinajstić information content (AvgIpc) is 3.34. The summed E-state index contributed by atoms with van der Waals surface area (Å²) in [4.78, 5) is 0. The van der Waals surface area contributed by atoms with Crippen LogP contribution in [-0.4, -0.2) is 4.57 Å². The summed E-state index contributed by atoms with van der Waals surface area (Å²) < 4.78 is 2.41. The maximum Gasteiger partial charge on any atom is 0.0627 e. The van der Waals surface area contributed by atoms with Crippen molar-refractivity contribution in [1.82, 2.24) is 4.57 Å². The zero-order chi connectivity index (χ0) is 26.6. The molecule has 1 aliphatic carbocycles. The number of hydrogen-bond donors (Lipinski definition) is 2. The van der Waals surface area contributed by atoms with E-state index in [2.05, 4.69) is 83.5 Å². The van der Waals surface area contributed by atoms with Gasteiger partial charge >= 0.3 is 0 Å². The Hall–Kier alpha value is -5.02. The highest BCUT2D eigenvalue weighted by molar-refractivity contribution is 6.14. The van der Waals surface area contributed by atoms with Crippen LogP contribution in [0.15, 0.2) is 140 Å². The van der Waals surface area contributed by atoms with Gasteiger partial charge in [-0.05, 0) is 59.0 Å². The molecule has 0 atom stereocenters. The van der Waals surface area contributed by atoms with E-state index in [0.29, 0.717) is 11.4 Å². The number of allylic oxidation sites excluding steroid dienone is 4. The molecule has 0 unspecified atom stereocenters. The van der Waals surface area contributed by atoms with Crippen molar-refractivity contribution in [3.8, 4) is 0 Å². The van der Waals surface area contributed by atoms with Gasteiger partial charge in [-0.1, -0.05) is 115 Å². The monoisotopic (exact) mass is 505 g/mol. The molecule has 39 heavy (non-hydrogen) atoms. The summed E-state index contributed by atoms with van der Waals surface area (Å²) in [5.41, 5.74) is 19.1. The van der Waals surface area contributed by atoms with E-state index in [4.69, 9.17) is 11.5 Å². The highest BCUT2D eigenvalue weighted by atomic mass is 15.0. The third-order valence-electron chi connectivity index (χ3n) is 7.23. The fraction of sp³-hybridized carbons (Fsp3) is 0.0556. The molecule has 1 heterocycles.